The number of fused-ring (bicyclic) bond motifs is 1. The molecule has 0 aliphatic heterocycles. The second-order valence-corrected chi connectivity index (χ2v) is 5.50. The van der Waals surface area contributed by atoms with E-state index in [1.165, 1.54) is 4.57 Å². The molecule has 0 bridgehead atoms. The average Bonchev–Trinajstić information content (AvgIpc) is 3.01. The van der Waals surface area contributed by atoms with Crippen LogP contribution in [-0.4, -0.2) is 32.5 Å². The predicted octanol–water partition coefficient (Wildman–Crippen LogP) is -0.851. The number of rotatable bonds is 2. The van der Waals surface area contributed by atoms with Gasteiger partial charge in [0.05, 0.1) is 12.7 Å². The van der Waals surface area contributed by atoms with Crippen molar-refractivity contribution in [3.05, 3.63) is 32.6 Å². The Balaban J connectivity index is 2.02. The highest BCUT2D eigenvalue weighted by molar-refractivity contribution is 5.17. The summed E-state index contributed by atoms with van der Waals surface area (Å²) in [6.07, 6.45) is 2.16. The van der Waals surface area contributed by atoms with Gasteiger partial charge in [-0.05, 0) is 25.7 Å². The van der Waals surface area contributed by atoms with Gasteiger partial charge < -0.3 is 10.2 Å². The molecule has 0 spiro atoms. The van der Waals surface area contributed by atoms with E-state index in [-0.39, 0.29) is 24.1 Å². The maximum absolute atomic E-state index is 11.8. The number of aryl methyl sites for hydroxylation is 1. The van der Waals surface area contributed by atoms with Gasteiger partial charge in [0.2, 0.25) is 0 Å². The Morgan fingerprint density at radius 3 is 2.83 bits per heavy atom. The third-order valence-electron chi connectivity index (χ3n) is 4.57. The highest BCUT2D eigenvalue weighted by Gasteiger charge is 2.67. The molecule has 0 saturated heterocycles. The smallest absolute Gasteiger partial charge is 0.328 e. The number of aromatic nitrogens is 2. The van der Waals surface area contributed by atoms with E-state index in [0.29, 0.717) is 12.0 Å². The number of H-pyrrole nitrogens is 1. The second-order valence-electron chi connectivity index (χ2n) is 5.50. The zero-order valence-electron chi connectivity index (χ0n) is 10.1. The molecule has 3 N–H and O–H groups in total. The summed E-state index contributed by atoms with van der Waals surface area (Å²) in [7, 11) is 0. The van der Waals surface area contributed by atoms with Crippen LogP contribution in [0, 0.1) is 18.3 Å². The van der Waals surface area contributed by atoms with E-state index < -0.39 is 17.2 Å². The number of aromatic amines is 1. The topological polar surface area (TPSA) is 95.3 Å². The molecule has 1 aromatic rings. The van der Waals surface area contributed by atoms with Crippen molar-refractivity contribution in [1.82, 2.24) is 9.55 Å². The van der Waals surface area contributed by atoms with E-state index in [4.69, 9.17) is 0 Å². The zero-order chi connectivity index (χ0) is 13.1. The number of hydrogen-bond acceptors (Lipinski definition) is 4. The predicted molar refractivity (Wildman–Crippen MR) is 63.3 cm³/mol. The summed E-state index contributed by atoms with van der Waals surface area (Å²) in [5, 5.41) is 19.4. The molecule has 1 aromatic heterocycles. The molecule has 2 fully saturated rings. The van der Waals surface area contributed by atoms with Gasteiger partial charge >= 0.3 is 5.69 Å². The molecule has 2 aliphatic carbocycles. The van der Waals surface area contributed by atoms with Gasteiger partial charge in [0.25, 0.3) is 5.56 Å². The number of aliphatic hydroxyl groups is 2. The first-order chi connectivity index (χ1) is 8.49. The van der Waals surface area contributed by atoms with Crippen LogP contribution >= 0.6 is 0 Å². The van der Waals surface area contributed by atoms with Crippen LogP contribution in [0.5, 0.6) is 0 Å². The molecular weight excluding hydrogens is 236 g/mol. The molecule has 1 unspecified atom stereocenters. The van der Waals surface area contributed by atoms with Crippen LogP contribution in [0.2, 0.25) is 0 Å². The van der Waals surface area contributed by atoms with Gasteiger partial charge in [0.15, 0.2) is 0 Å². The zero-order valence-corrected chi connectivity index (χ0v) is 10.1. The summed E-state index contributed by atoms with van der Waals surface area (Å²) in [6.45, 7) is 1.60. The molecule has 3 rings (SSSR count). The molecule has 6 nitrogen and oxygen atoms in total. The lowest BCUT2D eigenvalue weighted by Gasteiger charge is -2.17. The number of nitrogens with one attached hydrogen (secondary N) is 1. The van der Waals surface area contributed by atoms with Crippen LogP contribution in [0.25, 0.3) is 0 Å². The molecule has 18 heavy (non-hydrogen) atoms. The molecule has 2 saturated carbocycles. The summed E-state index contributed by atoms with van der Waals surface area (Å²) < 4.78 is 1.50. The van der Waals surface area contributed by atoms with Crippen LogP contribution < -0.4 is 11.2 Å². The normalized spacial score (nSPS) is 37.6. The lowest BCUT2D eigenvalue weighted by Crippen LogP contribution is -2.33. The van der Waals surface area contributed by atoms with Gasteiger partial charge in [-0.3, -0.25) is 14.3 Å². The second kappa shape index (κ2) is 3.55. The van der Waals surface area contributed by atoms with E-state index in [9.17, 15) is 19.8 Å². The number of aliphatic hydroxyl groups excluding tert-OH is 2. The summed E-state index contributed by atoms with van der Waals surface area (Å²) in [4.78, 5) is 25.4. The third kappa shape index (κ3) is 1.36. The standard InChI is InChI=1S/C12H16N2O4/c1-6-4-14(11(18)13-10(6)17)8-2-9(16)12(5-15)3-7(8)12/h4,7-9,15-16H,2-3,5H2,1H3,(H,13,17,18)/t7-,8+,9?,12+/m1/s1. The van der Waals surface area contributed by atoms with Crippen LogP contribution in [0.3, 0.4) is 0 Å². The van der Waals surface area contributed by atoms with Crippen molar-refractivity contribution in [3.63, 3.8) is 0 Å². The Morgan fingerprint density at radius 2 is 2.28 bits per heavy atom. The quantitative estimate of drug-likeness (QED) is 0.639. The first-order valence-corrected chi connectivity index (χ1v) is 6.10. The van der Waals surface area contributed by atoms with Crippen LogP contribution in [0.15, 0.2) is 15.8 Å². The Morgan fingerprint density at radius 1 is 1.56 bits per heavy atom. The SMILES string of the molecule is Cc1cn([C@H]2CC(O)[C@]3(CO)C[C@H]23)c(=O)[nH]c1=O. The van der Waals surface area contributed by atoms with Gasteiger partial charge in [-0.25, -0.2) is 4.79 Å². The van der Waals surface area contributed by atoms with E-state index in [2.05, 4.69) is 4.98 Å². The minimum Gasteiger partial charge on any atom is -0.396 e. The monoisotopic (exact) mass is 252 g/mol. The Hall–Kier alpha value is -1.40. The average molecular weight is 252 g/mol. The summed E-state index contributed by atoms with van der Waals surface area (Å²) in [6, 6.07) is -0.129. The number of hydrogen-bond donors (Lipinski definition) is 3. The molecule has 0 radical (unpaired) electrons. The van der Waals surface area contributed by atoms with Crippen molar-refractivity contribution in [2.75, 3.05) is 6.61 Å². The number of nitrogens with zero attached hydrogens (tertiary/aromatic N) is 1. The third-order valence-corrected chi connectivity index (χ3v) is 4.57. The van der Waals surface area contributed by atoms with Gasteiger partial charge in [-0.2, -0.15) is 0 Å². The van der Waals surface area contributed by atoms with Crippen LogP contribution in [0.4, 0.5) is 0 Å². The van der Waals surface area contributed by atoms with E-state index in [0.717, 1.165) is 6.42 Å². The fraction of sp³-hybridized carbons (Fsp3) is 0.667. The Labute approximate surface area is 103 Å². The Kier molecular flexibility index (Phi) is 2.30. The molecule has 4 atom stereocenters. The molecule has 0 aromatic carbocycles. The van der Waals surface area contributed by atoms with Crippen LogP contribution in [0.1, 0.15) is 24.4 Å². The fourth-order valence-electron chi connectivity index (χ4n) is 3.31. The molecule has 6 heteroatoms. The molecule has 1 heterocycles. The largest absolute Gasteiger partial charge is 0.396 e. The van der Waals surface area contributed by atoms with Crippen LogP contribution in [-0.2, 0) is 0 Å². The maximum atomic E-state index is 11.8. The minimum atomic E-state index is -0.573. The summed E-state index contributed by atoms with van der Waals surface area (Å²) in [5.41, 5.74) is -0.762. The van der Waals surface area contributed by atoms with E-state index in [1.807, 2.05) is 0 Å². The summed E-state index contributed by atoms with van der Waals surface area (Å²) >= 11 is 0. The molecule has 2 aliphatic rings. The van der Waals surface area contributed by atoms with E-state index >= 15 is 0 Å². The lowest BCUT2D eigenvalue weighted by atomic mass is 10.0. The van der Waals surface area contributed by atoms with Gasteiger partial charge in [0.1, 0.15) is 0 Å². The molecular formula is C12H16N2O4. The van der Waals surface area contributed by atoms with Crippen molar-refractivity contribution in [2.45, 2.75) is 31.9 Å². The summed E-state index contributed by atoms with van der Waals surface area (Å²) in [5.74, 6) is 0.125. The minimum absolute atomic E-state index is 0.0492. The molecule has 0 amide bonds. The van der Waals surface area contributed by atoms with Crippen molar-refractivity contribution in [1.29, 1.82) is 0 Å². The first kappa shape index (κ1) is 11.7. The molecule has 98 valence electrons. The van der Waals surface area contributed by atoms with Gasteiger partial charge in [-0.15, -0.1) is 0 Å². The first-order valence-electron chi connectivity index (χ1n) is 6.10. The maximum Gasteiger partial charge on any atom is 0.328 e. The lowest BCUT2D eigenvalue weighted by molar-refractivity contribution is 0.0599. The Bertz CT molecular complexity index is 605. The highest BCUT2D eigenvalue weighted by atomic mass is 16.3. The van der Waals surface area contributed by atoms with Crippen molar-refractivity contribution >= 4 is 0 Å². The van der Waals surface area contributed by atoms with E-state index in [1.54, 1.807) is 13.1 Å². The van der Waals surface area contributed by atoms with Gasteiger partial charge in [-0.1, -0.05) is 0 Å². The fourth-order valence-corrected chi connectivity index (χ4v) is 3.31. The highest BCUT2D eigenvalue weighted by Crippen LogP contribution is 2.66. The van der Waals surface area contributed by atoms with Crippen molar-refractivity contribution < 1.29 is 10.2 Å². The van der Waals surface area contributed by atoms with Gasteiger partial charge in [0, 0.05) is 23.2 Å². The van der Waals surface area contributed by atoms with Crippen molar-refractivity contribution in [2.24, 2.45) is 11.3 Å². The van der Waals surface area contributed by atoms with Crippen molar-refractivity contribution in [3.8, 4) is 0 Å².